The molecule has 1 atom stereocenters. The Kier molecular flexibility index (Phi) is 3.60. The molecule has 2 saturated carbocycles. The summed E-state index contributed by atoms with van der Waals surface area (Å²) in [5.41, 5.74) is 0.634. The maximum Gasteiger partial charge on any atom is 0.0121 e. The van der Waals surface area contributed by atoms with Gasteiger partial charge in [-0.15, -0.1) is 0 Å². The molecule has 1 N–H and O–H groups in total. The molecular formula is C14H28N2. The molecule has 94 valence electrons. The van der Waals surface area contributed by atoms with Crippen LogP contribution in [0.25, 0.3) is 0 Å². The molecule has 2 aliphatic carbocycles. The van der Waals surface area contributed by atoms with Crippen LogP contribution in [-0.4, -0.2) is 37.1 Å². The number of nitrogens with zero attached hydrogens (tertiary/aromatic N) is 1. The summed E-state index contributed by atoms with van der Waals surface area (Å²) in [7, 11) is 4.45. The normalized spacial score (nSPS) is 35.1. The predicted molar refractivity (Wildman–Crippen MR) is 69.7 cm³/mol. The zero-order chi connectivity index (χ0) is 11.8. The molecule has 0 aromatic carbocycles. The highest BCUT2D eigenvalue weighted by Gasteiger charge is 2.45. The van der Waals surface area contributed by atoms with Crippen LogP contribution in [0.3, 0.4) is 0 Å². The summed E-state index contributed by atoms with van der Waals surface area (Å²) in [5, 5.41) is 3.42. The van der Waals surface area contributed by atoms with E-state index in [1.54, 1.807) is 0 Å². The van der Waals surface area contributed by atoms with Crippen molar-refractivity contribution in [3.05, 3.63) is 0 Å². The van der Waals surface area contributed by atoms with Crippen LogP contribution in [0, 0.1) is 5.41 Å². The molecule has 0 radical (unpaired) electrons. The highest BCUT2D eigenvalue weighted by atomic mass is 15.2. The van der Waals surface area contributed by atoms with Crippen LogP contribution >= 0.6 is 0 Å². The molecule has 2 fully saturated rings. The number of nitrogens with one attached hydrogen (secondary N) is 1. The van der Waals surface area contributed by atoms with Gasteiger partial charge in [-0.3, -0.25) is 0 Å². The summed E-state index contributed by atoms with van der Waals surface area (Å²) >= 11 is 0. The van der Waals surface area contributed by atoms with Crippen LogP contribution in [-0.2, 0) is 0 Å². The van der Waals surface area contributed by atoms with E-state index in [9.17, 15) is 0 Å². The average molecular weight is 224 g/mol. The van der Waals surface area contributed by atoms with Crippen LogP contribution in [0.4, 0.5) is 0 Å². The summed E-state index contributed by atoms with van der Waals surface area (Å²) < 4.78 is 0. The fourth-order valence-electron chi connectivity index (χ4n) is 3.19. The van der Waals surface area contributed by atoms with E-state index in [4.69, 9.17) is 0 Å². The molecule has 0 saturated heterocycles. The zero-order valence-corrected chi connectivity index (χ0v) is 11.4. The van der Waals surface area contributed by atoms with Gasteiger partial charge in [-0.2, -0.15) is 0 Å². The maximum absolute atomic E-state index is 3.42. The minimum atomic E-state index is 0.634. The predicted octanol–water partition coefficient (Wildman–Crippen LogP) is 2.64. The zero-order valence-electron chi connectivity index (χ0n) is 11.4. The smallest absolute Gasteiger partial charge is 0.0121 e. The van der Waals surface area contributed by atoms with Gasteiger partial charge in [0, 0.05) is 18.1 Å². The molecule has 0 amide bonds. The fraction of sp³-hybridized carbons (Fsp3) is 1.00. The Morgan fingerprint density at radius 1 is 1.19 bits per heavy atom. The first-order valence-corrected chi connectivity index (χ1v) is 6.96. The average Bonchev–Trinajstić information content (AvgIpc) is 3.07. The van der Waals surface area contributed by atoms with E-state index >= 15 is 0 Å². The first kappa shape index (κ1) is 12.4. The van der Waals surface area contributed by atoms with Crippen LogP contribution in [0.1, 0.15) is 52.4 Å². The number of hydrogen-bond acceptors (Lipinski definition) is 2. The summed E-state index contributed by atoms with van der Waals surface area (Å²) in [6.07, 6.45) is 8.34. The van der Waals surface area contributed by atoms with Gasteiger partial charge in [0.15, 0.2) is 0 Å². The van der Waals surface area contributed by atoms with E-state index in [-0.39, 0.29) is 0 Å². The van der Waals surface area contributed by atoms with Gasteiger partial charge >= 0.3 is 0 Å². The molecule has 2 aliphatic rings. The van der Waals surface area contributed by atoms with E-state index in [0.717, 1.165) is 18.1 Å². The molecule has 0 heterocycles. The molecule has 0 bridgehead atoms. The van der Waals surface area contributed by atoms with Crippen molar-refractivity contribution in [3.63, 3.8) is 0 Å². The largest absolute Gasteiger partial charge is 0.317 e. The molecule has 0 aromatic rings. The van der Waals surface area contributed by atoms with Gasteiger partial charge in [-0.1, -0.05) is 6.92 Å². The van der Waals surface area contributed by atoms with E-state index in [1.165, 1.54) is 38.5 Å². The molecule has 0 spiro atoms. The minimum absolute atomic E-state index is 0.634. The topological polar surface area (TPSA) is 15.3 Å². The molecular weight excluding hydrogens is 196 g/mol. The van der Waals surface area contributed by atoms with Gasteiger partial charge in [0.25, 0.3) is 0 Å². The van der Waals surface area contributed by atoms with Crippen LogP contribution in [0.15, 0.2) is 0 Å². The third kappa shape index (κ3) is 2.43. The second kappa shape index (κ2) is 4.66. The van der Waals surface area contributed by atoms with Crippen molar-refractivity contribution < 1.29 is 0 Å². The standard InChI is InChI=1S/C14H28N2/c1-11(14(2)9-10-14)16(4)13-7-5-12(15-3)6-8-13/h11-13,15H,5-10H2,1-4H3. The lowest BCUT2D eigenvalue weighted by atomic mass is 9.88. The second-order valence-electron chi connectivity index (χ2n) is 6.29. The maximum atomic E-state index is 3.42. The van der Waals surface area contributed by atoms with Crippen molar-refractivity contribution >= 4 is 0 Å². The van der Waals surface area contributed by atoms with Crippen molar-refractivity contribution in [2.75, 3.05) is 14.1 Å². The van der Waals surface area contributed by atoms with E-state index in [1.807, 2.05) is 0 Å². The van der Waals surface area contributed by atoms with Gasteiger partial charge in [-0.25, -0.2) is 0 Å². The Morgan fingerprint density at radius 2 is 1.75 bits per heavy atom. The third-order valence-corrected chi connectivity index (χ3v) is 5.34. The first-order chi connectivity index (χ1) is 7.57. The Bertz CT molecular complexity index is 227. The molecule has 0 aliphatic heterocycles. The fourth-order valence-corrected chi connectivity index (χ4v) is 3.19. The lowest BCUT2D eigenvalue weighted by Crippen LogP contribution is -2.46. The van der Waals surface area contributed by atoms with E-state index in [2.05, 4.69) is 38.2 Å². The molecule has 0 aromatic heterocycles. The minimum Gasteiger partial charge on any atom is -0.317 e. The van der Waals surface area contributed by atoms with Crippen molar-refractivity contribution in [3.8, 4) is 0 Å². The lowest BCUT2D eigenvalue weighted by molar-refractivity contribution is 0.0983. The highest BCUT2D eigenvalue weighted by molar-refractivity contribution is 4.98. The molecule has 1 unspecified atom stereocenters. The third-order valence-electron chi connectivity index (χ3n) is 5.34. The van der Waals surface area contributed by atoms with Gasteiger partial charge in [-0.05, 0) is 65.0 Å². The highest BCUT2D eigenvalue weighted by Crippen LogP contribution is 2.50. The Labute approximate surface area is 101 Å². The van der Waals surface area contributed by atoms with Crippen molar-refractivity contribution in [2.24, 2.45) is 5.41 Å². The van der Waals surface area contributed by atoms with E-state index < -0.39 is 0 Å². The van der Waals surface area contributed by atoms with Crippen molar-refractivity contribution in [1.82, 2.24) is 10.2 Å². The van der Waals surface area contributed by atoms with Crippen molar-refractivity contribution in [2.45, 2.75) is 70.5 Å². The van der Waals surface area contributed by atoms with Crippen LogP contribution < -0.4 is 5.32 Å². The van der Waals surface area contributed by atoms with Gasteiger partial charge in [0.1, 0.15) is 0 Å². The number of rotatable bonds is 4. The summed E-state index contributed by atoms with van der Waals surface area (Å²) in [4.78, 5) is 2.67. The summed E-state index contributed by atoms with van der Waals surface area (Å²) in [6.45, 7) is 4.88. The molecule has 16 heavy (non-hydrogen) atoms. The Morgan fingerprint density at radius 3 is 2.19 bits per heavy atom. The summed E-state index contributed by atoms with van der Waals surface area (Å²) in [6, 6.07) is 2.37. The molecule has 2 heteroatoms. The van der Waals surface area contributed by atoms with Gasteiger partial charge < -0.3 is 10.2 Å². The van der Waals surface area contributed by atoms with Crippen LogP contribution in [0.5, 0.6) is 0 Å². The van der Waals surface area contributed by atoms with E-state index in [0.29, 0.717) is 5.41 Å². The monoisotopic (exact) mass is 224 g/mol. The lowest BCUT2D eigenvalue weighted by Gasteiger charge is -2.40. The molecule has 2 nitrogen and oxygen atoms in total. The molecule has 2 rings (SSSR count). The summed E-state index contributed by atoms with van der Waals surface area (Å²) in [5.74, 6) is 0. The quantitative estimate of drug-likeness (QED) is 0.790. The second-order valence-corrected chi connectivity index (χ2v) is 6.29. The SMILES string of the molecule is CNC1CCC(N(C)C(C)C2(C)CC2)CC1. The van der Waals surface area contributed by atoms with Crippen molar-refractivity contribution in [1.29, 1.82) is 0 Å². The van der Waals surface area contributed by atoms with Gasteiger partial charge in [0.05, 0.1) is 0 Å². The first-order valence-electron chi connectivity index (χ1n) is 6.96. The Balaban J connectivity index is 1.84. The van der Waals surface area contributed by atoms with Gasteiger partial charge in [0.2, 0.25) is 0 Å². The Hall–Kier alpha value is -0.0800. The van der Waals surface area contributed by atoms with Crippen LogP contribution in [0.2, 0.25) is 0 Å². The number of hydrogen-bond donors (Lipinski definition) is 1.